The van der Waals surface area contributed by atoms with Crippen LogP contribution in [-0.4, -0.2) is 26.2 Å². The van der Waals surface area contributed by atoms with E-state index < -0.39 is 0 Å². The van der Waals surface area contributed by atoms with Crippen LogP contribution in [0.2, 0.25) is 0 Å². The highest BCUT2D eigenvalue weighted by Crippen LogP contribution is 2.22. The molecule has 0 unspecified atom stereocenters. The number of methoxy groups -OCH3 is 1. The number of unbranched alkanes of at least 4 members (excludes halogenated alkanes) is 4. The summed E-state index contributed by atoms with van der Waals surface area (Å²) < 4.78 is 11.0. The summed E-state index contributed by atoms with van der Waals surface area (Å²) >= 11 is 0. The number of benzene rings is 2. The minimum absolute atomic E-state index is 0.120. The Labute approximate surface area is 162 Å². The summed E-state index contributed by atoms with van der Waals surface area (Å²) in [5.74, 6) is 1.42. The van der Waals surface area contributed by atoms with Gasteiger partial charge in [-0.05, 0) is 42.8 Å². The molecule has 0 aromatic heterocycles. The molecule has 0 bridgehead atoms. The minimum atomic E-state index is -0.120. The Morgan fingerprint density at radius 3 is 2.44 bits per heavy atom. The smallest absolute Gasteiger partial charge is 0.243 e. The molecule has 2 N–H and O–H groups in total. The largest absolute Gasteiger partial charge is 0.495 e. The maximum absolute atomic E-state index is 12.1. The van der Waals surface area contributed by atoms with Gasteiger partial charge in [-0.1, -0.05) is 44.7 Å². The van der Waals surface area contributed by atoms with Crippen LogP contribution in [0.15, 0.2) is 48.5 Å². The Morgan fingerprint density at radius 1 is 0.963 bits per heavy atom. The molecule has 5 nitrogen and oxygen atoms in total. The predicted molar refractivity (Wildman–Crippen MR) is 111 cm³/mol. The van der Waals surface area contributed by atoms with Crippen molar-refractivity contribution in [3.8, 4) is 11.5 Å². The number of amides is 1. The molecule has 0 aliphatic rings. The summed E-state index contributed by atoms with van der Waals surface area (Å²) in [5.41, 5.74) is 1.54. The lowest BCUT2D eigenvalue weighted by atomic mass is 10.2. The van der Waals surface area contributed by atoms with Gasteiger partial charge in [0, 0.05) is 5.69 Å². The fourth-order valence-electron chi connectivity index (χ4n) is 2.70. The number of rotatable bonds is 12. The molecule has 0 atom stereocenters. The Kier molecular flexibility index (Phi) is 9.04. The van der Waals surface area contributed by atoms with Crippen molar-refractivity contribution in [3.63, 3.8) is 0 Å². The van der Waals surface area contributed by atoms with Crippen molar-refractivity contribution >= 4 is 17.3 Å². The van der Waals surface area contributed by atoms with Gasteiger partial charge in [-0.25, -0.2) is 0 Å². The average Bonchev–Trinajstić information content (AvgIpc) is 2.70. The van der Waals surface area contributed by atoms with E-state index in [1.165, 1.54) is 25.7 Å². The lowest BCUT2D eigenvalue weighted by Crippen LogP contribution is -2.21. The lowest BCUT2D eigenvalue weighted by Gasteiger charge is -2.11. The zero-order valence-corrected chi connectivity index (χ0v) is 16.3. The fraction of sp³-hybridized carbons (Fsp3) is 0.409. The summed E-state index contributed by atoms with van der Waals surface area (Å²) in [6, 6.07) is 15.0. The molecule has 2 aromatic rings. The quantitative estimate of drug-likeness (QED) is 0.511. The third kappa shape index (κ3) is 7.60. The maximum atomic E-state index is 12.1. The Bertz CT molecular complexity index is 686. The molecule has 2 aromatic carbocycles. The summed E-state index contributed by atoms with van der Waals surface area (Å²) in [6.45, 7) is 3.11. The SMILES string of the molecule is CCCCCCCOc1ccc(NC(=O)CNc2ccccc2OC)cc1. The number of anilines is 2. The van der Waals surface area contributed by atoms with Crippen LogP contribution in [0.1, 0.15) is 39.0 Å². The number of carbonyl (C=O) groups is 1. The molecule has 27 heavy (non-hydrogen) atoms. The number of hydrogen-bond donors (Lipinski definition) is 2. The summed E-state index contributed by atoms with van der Waals surface area (Å²) in [5, 5.41) is 5.95. The first-order chi connectivity index (χ1) is 13.2. The van der Waals surface area contributed by atoms with E-state index in [4.69, 9.17) is 9.47 Å². The van der Waals surface area contributed by atoms with E-state index in [0.29, 0.717) is 5.75 Å². The number of carbonyl (C=O) groups excluding carboxylic acids is 1. The van der Waals surface area contributed by atoms with Gasteiger partial charge in [0.05, 0.1) is 25.9 Å². The maximum Gasteiger partial charge on any atom is 0.243 e. The standard InChI is InChI=1S/C22H30N2O3/c1-3-4-5-6-9-16-27-19-14-12-18(13-15-19)24-22(25)17-23-20-10-7-8-11-21(20)26-2/h7-8,10-15,23H,3-6,9,16-17H2,1-2H3,(H,24,25). The molecule has 0 spiro atoms. The predicted octanol–water partition coefficient (Wildman–Crippen LogP) is 5.10. The fourth-order valence-corrected chi connectivity index (χ4v) is 2.70. The molecule has 0 saturated heterocycles. The van der Waals surface area contributed by atoms with Crippen molar-refractivity contribution < 1.29 is 14.3 Å². The Hall–Kier alpha value is -2.69. The van der Waals surface area contributed by atoms with Gasteiger partial charge in [0.15, 0.2) is 0 Å². The molecule has 0 saturated carbocycles. The first-order valence-electron chi connectivity index (χ1n) is 9.62. The minimum Gasteiger partial charge on any atom is -0.495 e. The normalized spacial score (nSPS) is 10.3. The van der Waals surface area contributed by atoms with E-state index in [1.54, 1.807) is 7.11 Å². The van der Waals surface area contributed by atoms with Crippen LogP contribution in [-0.2, 0) is 4.79 Å². The zero-order valence-electron chi connectivity index (χ0n) is 16.3. The topological polar surface area (TPSA) is 59.6 Å². The molecule has 0 aliphatic heterocycles. The van der Waals surface area contributed by atoms with Gasteiger partial charge in [0.1, 0.15) is 11.5 Å². The van der Waals surface area contributed by atoms with Gasteiger partial charge in [-0.2, -0.15) is 0 Å². The molecule has 146 valence electrons. The Balaban J connectivity index is 1.71. The molecular formula is C22H30N2O3. The third-order valence-corrected chi connectivity index (χ3v) is 4.20. The van der Waals surface area contributed by atoms with Crippen molar-refractivity contribution in [2.45, 2.75) is 39.0 Å². The number of ether oxygens (including phenoxy) is 2. The van der Waals surface area contributed by atoms with Crippen LogP contribution < -0.4 is 20.1 Å². The van der Waals surface area contributed by atoms with E-state index in [9.17, 15) is 4.79 Å². The van der Waals surface area contributed by atoms with Crippen LogP contribution in [0.3, 0.4) is 0 Å². The van der Waals surface area contributed by atoms with E-state index in [1.807, 2.05) is 48.5 Å². The summed E-state index contributed by atoms with van der Waals surface area (Å²) in [4.78, 5) is 12.1. The van der Waals surface area contributed by atoms with Crippen LogP contribution >= 0.6 is 0 Å². The second-order valence-electron chi connectivity index (χ2n) is 6.39. The van der Waals surface area contributed by atoms with Crippen LogP contribution in [0, 0.1) is 0 Å². The van der Waals surface area contributed by atoms with Gasteiger partial charge in [-0.3, -0.25) is 4.79 Å². The van der Waals surface area contributed by atoms with Crippen LogP contribution in [0.25, 0.3) is 0 Å². The highest BCUT2D eigenvalue weighted by Gasteiger charge is 2.05. The monoisotopic (exact) mass is 370 g/mol. The molecular weight excluding hydrogens is 340 g/mol. The van der Waals surface area contributed by atoms with Gasteiger partial charge in [0.2, 0.25) is 5.91 Å². The van der Waals surface area contributed by atoms with Gasteiger partial charge < -0.3 is 20.1 Å². The van der Waals surface area contributed by atoms with E-state index in [2.05, 4.69) is 17.6 Å². The molecule has 0 fully saturated rings. The molecule has 5 heteroatoms. The van der Waals surface area contributed by atoms with E-state index in [-0.39, 0.29) is 12.5 Å². The first kappa shape index (κ1) is 20.6. The highest BCUT2D eigenvalue weighted by molar-refractivity contribution is 5.94. The molecule has 2 rings (SSSR count). The summed E-state index contributed by atoms with van der Waals surface area (Å²) in [6.07, 6.45) is 6.10. The number of para-hydroxylation sites is 2. The highest BCUT2D eigenvalue weighted by atomic mass is 16.5. The van der Waals surface area contributed by atoms with Crippen molar-refractivity contribution in [1.29, 1.82) is 0 Å². The van der Waals surface area contributed by atoms with E-state index >= 15 is 0 Å². The summed E-state index contributed by atoms with van der Waals surface area (Å²) in [7, 11) is 1.61. The van der Waals surface area contributed by atoms with Crippen molar-refractivity contribution in [1.82, 2.24) is 0 Å². The van der Waals surface area contributed by atoms with Gasteiger partial charge in [-0.15, -0.1) is 0 Å². The van der Waals surface area contributed by atoms with E-state index in [0.717, 1.165) is 30.2 Å². The molecule has 0 heterocycles. The van der Waals surface area contributed by atoms with Gasteiger partial charge >= 0.3 is 0 Å². The van der Waals surface area contributed by atoms with Crippen molar-refractivity contribution in [2.75, 3.05) is 30.9 Å². The molecule has 0 aliphatic carbocycles. The van der Waals surface area contributed by atoms with Crippen LogP contribution in [0.4, 0.5) is 11.4 Å². The second kappa shape index (κ2) is 11.8. The number of hydrogen-bond acceptors (Lipinski definition) is 4. The van der Waals surface area contributed by atoms with Crippen LogP contribution in [0.5, 0.6) is 11.5 Å². The second-order valence-corrected chi connectivity index (χ2v) is 6.39. The number of nitrogens with one attached hydrogen (secondary N) is 2. The third-order valence-electron chi connectivity index (χ3n) is 4.20. The zero-order chi connectivity index (χ0) is 19.3. The molecule has 1 amide bonds. The molecule has 0 radical (unpaired) electrons. The average molecular weight is 370 g/mol. The Morgan fingerprint density at radius 2 is 1.70 bits per heavy atom. The van der Waals surface area contributed by atoms with Gasteiger partial charge in [0.25, 0.3) is 0 Å². The first-order valence-corrected chi connectivity index (χ1v) is 9.62. The van der Waals surface area contributed by atoms with Crippen molar-refractivity contribution in [3.05, 3.63) is 48.5 Å². The lowest BCUT2D eigenvalue weighted by molar-refractivity contribution is -0.114. The van der Waals surface area contributed by atoms with Crippen molar-refractivity contribution in [2.24, 2.45) is 0 Å².